The summed E-state index contributed by atoms with van der Waals surface area (Å²) in [5, 5.41) is 11.4. The highest BCUT2D eigenvalue weighted by molar-refractivity contribution is 7.15. The number of aromatic nitrogens is 7. The van der Waals surface area contributed by atoms with Gasteiger partial charge in [-0.25, -0.2) is 15.0 Å². The fraction of sp³-hybridized carbons (Fsp3) is 0.241. The maximum atomic E-state index is 12.8. The molecule has 1 fully saturated rings. The number of imidazole rings is 1. The molecular weight excluding hydrogens is 508 g/mol. The third kappa shape index (κ3) is 4.46. The molecule has 10 heteroatoms. The molecule has 3 N–H and O–H groups in total. The fourth-order valence-corrected chi connectivity index (χ4v) is 6.21. The lowest BCUT2D eigenvalue weighted by atomic mass is 9.88. The Morgan fingerprint density at radius 3 is 2.72 bits per heavy atom. The quantitative estimate of drug-likeness (QED) is 0.231. The predicted octanol–water partition coefficient (Wildman–Crippen LogP) is 6.51. The summed E-state index contributed by atoms with van der Waals surface area (Å²) in [4.78, 5) is 36.9. The number of hydrogen-bond acceptors (Lipinski definition) is 7. The number of nitrogens with one attached hydrogen (secondary N) is 3. The summed E-state index contributed by atoms with van der Waals surface area (Å²) >= 11 is 1.73. The van der Waals surface area contributed by atoms with Gasteiger partial charge in [0, 0.05) is 51.0 Å². The van der Waals surface area contributed by atoms with Crippen molar-refractivity contribution in [2.75, 3.05) is 5.32 Å². The molecule has 1 aliphatic rings. The van der Waals surface area contributed by atoms with Gasteiger partial charge in [-0.2, -0.15) is 5.10 Å². The van der Waals surface area contributed by atoms with Gasteiger partial charge < -0.3 is 10.3 Å². The summed E-state index contributed by atoms with van der Waals surface area (Å²) in [7, 11) is 0. The highest BCUT2D eigenvalue weighted by Gasteiger charge is 2.22. The summed E-state index contributed by atoms with van der Waals surface area (Å²) in [5.41, 5.74) is 6.30. The lowest BCUT2D eigenvalue weighted by Gasteiger charge is -2.20. The Morgan fingerprint density at radius 2 is 1.87 bits per heavy atom. The van der Waals surface area contributed by atoms with Crippen LogP contribution in [0.25, 0.3) is 55.3 Å². The first kappa shape index (κ1) is 23.7. The zero-order valence-electron chi connectivity index (χ0n) is 21.4. The first-order chi connectivity index (χ1) is 19.1. The van der Waals surface area contributed by atoms with Crippen molar-refractivity contribution in [1.82, 2.24) is 35.1 Å². The van der Waals surface area contributed by atoms with Gasteiger partial charge in [0.2, 0.25) is 5.91 Å². The van der Waals surface area contributed by atoms with Gasteiger partial charge in [0.15, 0.2) is 17.1 Å². The summed E-state index contributed by atoms with van der Waals surface area (Å²) in [6.45, 7) is 2.10. The molecule has 6 aromatic heterocycles. The van der Waals surface area contributed by atoms with E-state index < -0.39 is 0 Å². The summed E-state index contributed by atoms with van der Waals surface area (Å²) in [6.07, 6.45) is 12.4. The molecule has 0 radical (unpaired) electrons. The first-order valence-electron chi connectivity index (χ1n) is 13.1. The summed E-state index contributed by atoms with van der Waals surface area (Å²) in [6, 6.07) is 10.2. The molecule has 6 aromatic rings. The largest absolute Gasteiger partial charge is 0.324 e. The van der Waals surface area contributed by atoms with Crippen molar-refractivity contribution in [3.63, 3.8) is 0 Å². The monoisotopic (exact) mass is 534 g/mol. The number of aryl methyl sites for hydroxylation is 1. The molecule has 1 amide bonds. The molecule has 7 rings (SSSR count). The molecule has 0 spiro atoms. The van der Waals surface area contributed by atoms with E-state index in [-0.39, 0.29) is 11.8 Å². The van der Waals surface area contributed by atoms with Crippen LogP contribution in [0.1, 0.15) is 37.0 Å². The Bertz CT molecular complexity index is 1830. The molecule has 0 aromatic carbocycles. The third-order valence-corrected chi connectivity index (χ3v) is 8.38. The van der Waals surface area contributed by atoms with E-state index in [4.69, 9.17) is 4.98 Å². The lowest BCUT2D eigenvalue weighted by Crippen LogP contribution is -2.24. The van der Waals surface area contributed by atoms with Crippen LogP contribution in [-0.2, 0) is 4.79 Å². The minimum atomic E-state index is 0.0786. The van der Waals surface area contributed by atoms with Crippen molar-refractivity contribution in [1.29, 1.82) is 0 Å². The Labute approximate surface area is 228 Å². The summed E-state index contributed by atoms with van der Waals surface area (Å²) < 4.78 is 0. The standard InChI is InChI=1S/C29H26N8OS/c1-16-7-8-23(39-16)21-9-10-31-27-24(21)34-28(35-27)25-22-12-19(14-32-26(22)37-36-25)18-11-20(15-30-13-18)33-29(38)17-5-3-2-4-6-17/h7-15,17H,2-6H2,1H3,(H,33,38)(H,31,34,35)(H,32,36,37). The number of amides is 1. The van der Waals surface area contributed by atoms with Gasteiger partial charge >= 0.3 is 0 Å². The van der Waals surface area contributed by atoms with Crippen LogP contribution in [0.15, 0.2) is 55.1 Å². The second-order valence-electron chi connectivity index (χ2n) is 10.0. The van der Waals surface area contributed by atoms with E-state index in [9.17, 15) is 4.79 Å². The number of hydrogen-bond donors (Lipinski definition) is 3. The second kappa shape index (κ2) is 9.70. The van der Waals surface area contributed by atoms with Crippen molar-refractivity contribution >= 4 is 45.1 Å². The predicted molar refractivity (Wildman–Crippen MR) is 153 cm³/mol. The van der Waals surface area contributed by atoms with Crippen molar-refractivity contribution in [2.45, 2.75) is 39.0 Å². The maximum absolute atomic E-state index is 12.8. The highest BCUT2D eigenvalue weighted by Crippen LogP contribution is 2.34. The average molecular weight is 535 g/mol. The zero-order chi connectivity index (χ0) is 26.3. The average Bonchev–Trinajstić information content (AvgIpc) is 3.71. The normalized spacial score (nSPS) is 14.3. The topological polar surface area (TPSA) is 125 Å². The van der Waals surface area contributed by atoms with Crippen LogP contribution >= 0.6 is 11.3 Å². The van der Waals surface area contributed by atoms with Crippen LogP contribution in [0, 0.1) is 12.8 Å². The van der Waals surface area contributed by atoms with Crippen LogP contribution in [0.3, 0.4) is 0 Å². The molecular formula is C29H26N8OS. The van der Waals surface area contributed by atoms with Crippen LogP contribution in [0.2, 0.25) is 0 Å². The number of rotatable bonds is 5. The number of H-pyrrole nitrogens is 2. The third-order valence-electron chi connectivity index (χ3n) is 7.35. The van der Waals surface area contributed by atoms with Crippen LogP contribution in [-0.4, -0.2) is 41.0 Å². The van der Waals surface area contributed by atoms with Gasteiger partial charge in [0.05, 0.1) is 17.3 Å². The number of aromatic amines is 2. The van der Waals surface area contributed by atoms with Gasteiger partial charge in [0.1, 0.15) is 11.2 Å². The van der Waals surface area contributed by atoms with Crippen LogP contribution in [0.4, 0.5) is 5.69 Å². The lowest BCUT2D eigenvalue weighted by molar-refractivity contribution is -0.120. The van der Waals surface area contributed by atoms with E-state index in [0.29, 0.717) is 28.5 Å². The van der Waals surface area contributed by atoms with E-state index in [1.165, 1.54) is 11.3 Å². The van der Waals surface area contributed by atoms with Crippen molar-refractivity contribution in [3.05, 3.63) is 60.0 Å². The summed E-state index contributed by atoms with van der Waals surface area (Å²) in [5.74, 6) is 0.779. The van der Waals surface area contributed by atoms with Gasteiger partial charge in [0.25, 0.3) is 0 Å². The number of pyridine rings is 3. The molecule has 39 heavy (non-hydrogen) atoms. The fourth-order valence-electron chi connectivity index (χ4n) is 5.32. The smallest absolute Gasteiger partial charge is 0.227 e. The van der Waals surface area contributed by atoms with E-state index in [1.54, 1.807) is 36.1 Å². The molecule has 0 atom stereocenters. The van der Waals surface area contributed by atoms with Gasteiger partial charge in [-0.15, -0.1) is 11.3 Å². The number of fused-ring (bicyclic) bond motifs is 2. The molecule has 0 unspecified atom stereocenters. The second-order valence-corrected chi connectivity index (χ2v) is 11.3. The molecule has 1 saturated carbocycles. The Balaban J connectivity index is 1.22. The zero-order valence-corrected chi connectivity index (χ0v) is 22.2. The van der Waals surface area contributed by atoms with Crippen LogP contribution in [0.5, 0.6) is 0 Å². The number of carbonyl (C=O) groups is 1. The Kier molecular flexibility index (Phi) is 5.89. The number of anilines is 1. The molecule has 1 aliphatic carbocycles. The minimum Gasteiger partial charge on any atom is -0.324 e. The van der Waals surface area contributed by atoms with Crippen LogP contribution < -0.4 is 5.32 Å². The van der Waals surface area contributed by atoms with Gasteiger partial charge in [-0.1, -0.05) is 19.3 Å². The van der Waals surface area contributed by atoms with E-state index in [2.05, 4.69) is 54.5 Å². The van der Waals surface area contributed by atoms with E-state index in [0.717, 1.165) is 58.2 Å². The molecule has 9 nitrogen and oxygen atoms in total. The minimum absolute atomic E-state index is 0.0786. The van der Waals surface area contributed by atoms with Crippen molar-refractivity contribution in [3.8, 4) is 33.1 Å². The first-order valence-corrected chi connectivity index (χ1v) is 14.0. The Hall–Kier alpha value is -4.44. The van der Waals surface area contributed by atoms with E-state index in [1.807, 2.05) is 18.2 Å². The molecule has 0 aliphatic heterocycles. The molecule has 194 valence electrons. The maximum Gasteiger partial charge on any atom is 0.227 e. The van der Waals surface area contributed by atoms with E-state index >= 15 is 0 Å². The number of thiophene rings is 1. The van der Waals surface area contributed by atoms with Gasteiger partial charge in [-0.05, 0) is 50.1 Å². The SMILES string of the molecule is Cc1ccc(-c2ccnc3[nH]c(-c4n[nH]c5ncc(-c6cncc(NC(=O)C7CCCCC7)c6)cc45)nc23)s1. The Morgan fingerprint density at radius 1 is 1.00 bits per heavy atom. The number of nitrogens with zero attached hydrogens (tertiary/aromatic N) is 5. The molecule has 0 saturated heterocycles. The molecule has 6 heterocycles. The highest BCUT2D eigenvalue weighted by atomic mass is 32.1. The van der Waals surface area contributed by atoms with Crippen molar-refractivity contribution in [2.24, 2.45) is 5.92 Å². The van der Waals surface area contributed by atoms with Crippen molar-refractivity contribution < 1.29 is 4.79 Å². The number of carbonyl (C=O) groups excluding carboxylic acids is 1. The molecule has 0 bridgehead atoms. The van der Waals surface area contributed by atoms with Gasteiger partial charge in [-0.3, -0.25) is 14.9 Å².